The van der Waals surface area contributed by atoms with Crippen LogP contribution in [-0.2, 0) is 6.54 Å². The number of nitrogens with one attached hydrogen (secondary N) is 1. The lowest BCUT2D eigenvalue weighted by Crippen LogP contribution is -2.22. The van der Waals surface area contributed by atoms with Crippen LogP contribution < -0.4 is 5.32 Å². The van der Waals surface area contributed by atoms with Gasteiger partial charge in [-0.2, -0.15) is 4.98 Å². The maximum Gasteiger partial charge on any atom is 0.251 e. The quantitative estimate of drug-likeness (QED) is 0.421. The first kappa shape index (κ1) is 20.3. The molecule has 162 valence electrons. The first-order valence-corrected chi connectivity index (χ1v) is 10.2. The third kappa shape index (κ3) is 4.52. The summed E-state index contributed by atoms with van der Waals surface area (Å²) in [6.07, 6.45) is 3.29. The lowest BCUT2D eigenvalue weighted by molar-refractivity contribution is 0.0946. The molecule has 3 aromatic heterocycles. The number of amides is 1. The van der Waals surface area contributed by atoms with Crippen molar-refractivity contribution < 1.29 is 13.7 Å². The van der Waals surface area contributed by atoms with Gasteiger partial charge < -0.3 is 14.3 Å². The van der Waals surface area contributed by atoms with Gasteiger partial charge in [0.1, 0.15) is 0 Å². The molecule has 0 atom stereocenters. The van der Waals surface area contributed by atoms with E-state index >= 15 is 0 Å². The molecule has 5 aromatic rings. The molecular formula is C24H18N6O3. The van der Waals surface area contributed by atoms with Gasteiger partial charge in [-0.15, -0.1) is 10.2 Å². The van der Waals surface area contributed by atoms with Gasteiger partial charge in [0, 0.05) is 34.6 Å². The SMILES string of the molecule is Cc1ccc(-c2nnc(-c3ccc(C(=O)NCc4nc(-c5ccncc5)no4)cc3)o2)cc1. The molecule has 2 aromatic carbocycles. The Morgan fingerprint density at radius 2 is 1.48 bits per heavy atom. The Kier molecular flexibility index (Phi) is 5.42. The van der Waals surface area contributed by atoms with Crippen molar-refractivity contribution in [2.75, 3.05) is 0 Å². The summed E-state index contributed by atoms with van der Waals surface area (Å²) in [5.41, 5.74) is 3.99. The first-order chi connectivity index (χ1) is 16.2. The standard InChI is InChI=1S/C24H18N6O3/c1-15-2-4-18(5-3-15)23-28-29-24(32-23)19-8-6-17(7-9-19)22(31)26-14-20-27-21(30-33-20)16-10-12-25-13-11-16/h2-13H,14H2,1H3,(H,26,31). The zero-order valence-corrected chi connectivity index (χ0v) is 17.6. The van der Waals surface area contributed by atoms with Crippen molar-refractivity contribution in [2.24, 2.45) is 0 Å². The van der Waals surface area contributed by atoms with Crippen molar-refractivity contribution in [1.82, 2.24) is 30.6 Å². The fraction of sp³-hybridized carbons (Fsp3) is 0.0833. The molecule has 0 radical (unpaired) electrons. The molecule has 1 N–H and O–H groups in total. The van der Waals surface area contributed by atoms with E-state index in [9.17, 15) is 4.79 Å². The van der Waals surface area contributed by atoms with Crippen LogP contribution in [0.4, 0.5) is 0 Å². The molecule has 0 fully saturated rings. The van der Waals surface area contributed by atoms with E-state index in [1.807, 2.05) is 31.2 Å². The number of carbonyl (C=O) groups excluding carboxylic acids is 1. The number of rotatable bonds is 6. The maximum atomic E-state index is 12.5. The lowest BCUT2D eigenvalue weighted by Gasteiger charge is -2.03. The number of benzene rings is 2. The zero-order chi connectivity index (χ0) is 22.6. The van der Waals surface area contributed by atoms with Crippen LogP contribution in [0.5, 0.6) is 0 Å². The van der Waals surface area contributed by atoms with Crippen LogP contribution in [0, 0.1) is 6.92 Å². The summed E-state index contributed by atoms with van der Waals surface area (Å²) in [5.74, 6) is 1.30. The van der Waals surface area contributed by atoms with Crippen LogP contribution in [-0.4, -0.2) is 31.2 Å². The van der Waals surface area contributed by atoms with Crippen molar-refractivity contribution in [3.63, 3.8) is 0 Å². The third-order valence-corrected chi connectivity index (χ3v) is 4.92. The van der Waals surface area contributed by atoms with Crippen LogP contribution in [0.2, 0.25) is 0 Å². The molecule has 9 nitrogen and oxygen atoms in total. The minimum atomic E-state index is -0.268. The van der Waals surface area contributed by atoms with E-state index < -0.39 is 0 Å². The smallest absolute Gasteiger partial charge is 0.251 e. The lowest BCUT2D eigenvalue weighted by atomic mass is 10.1. The Bertz CT molecular complexity index is 1380. The molecule has 0 aliphatic heterocycles. The molecule has 3 heterocycles. The molecule has 0 saturated heterocycles. The van der Waals surface area contributed by atoms with E-state index in [1.165, 1.54) is 0 Å². The minimum absolute atomic E-state index is 0.113. The molecule has 1 amide bonds. The highest BCUT2D eigenvalue weighted by molar-refractivity contribution is 5.94. The number of nitrogens with zero attached hydrogens (tertiary/aromatic N) is 5. The molecule has 0 saturated carbocycles. The van der Waals surface area contributed by atoms with Crippen molar-refractivity contribution in [3.05, 3.63) is 90.1 Å². The average molecular weight is 438 g/mol. The third-order valence-electron chi connectivity index (χ3n) is 4.92. The Morgan fingerprint density at radius 1 is 0.848 bits per heavy atom. The van der Waals surface area contributed by atoms with Gasteiger partial charge in [-0.05, 0) is 55.5 Å². The van der Waals surface area contributed by atoms with E-state index in [1.54, 1.807) is 48.8 Å². The van der Waals surface area contributed by atoms with Crippen molar-refractivity contribution in [1.29, 1.82) is 0 Å². The molecule has 0 aliphatic rings. The van der Waals surface area contributed by atoms with Gasteiger partial charge >= 0.3 is 0 Å². The van der Waals surface area contributed by atoms with Crippen LogP contribution >= 0.6 is 0 Å². The van der Waals surface area contributed by atoms with E-state index in [-0.39, 0.29) is 12.5 Å². The molecule has 0 spiro atoms. The summed E-state index contributed by atoms with van der Waals surface area (Å²) < 4.78 is 11.0. The van der Waals surface area contributed by atoms with Gasteiger partial charge in [-0.3, -0.25) is 9.78 Å². The molecule has 0 unspecified atom stereocenters. The van der Waals surface area contributed by atoms with E-state index in [2.05, 4.69) is 30.6 Å². The van der Waals surface area contributed by atoms with Crippen LogP contribution in [0.1, 0.15) is 21.8 Å². The Balaban J connectivity index is 1.22. The van der Waals surface area contributed by atoms with Crippen LogP contribution in [0.15, 0.2) is 82.0 Å². The fourth-order valence-corrected chi connectivity index (χ4v) is 3.12. The monoisotopic (exact) mass is 438 g/mol. The van der Waals surface area contributed by atoms with Gasteiger partial charge in [0.2, 0.25) is 23.5 Å². The van der Waals surface area contributed by atoms with Crippen LogP contribution in [0.3, 0.4) is 0 Å². The van der Waals surface area contributed by atoms with Gasteiger partial charge in [0.05, 0.1) is 6.54 Å². The predicted molar refractivity (Wildman–Crippen MR) is 119 cm³/mol. The van der Waals surface area contributed by atoms with Gasteiger partial charge in [-0.1, -0.05) is 22.9 Å². The van der Waals surface area contributed by atoms with Crippen LogP contribution in [0.25, 0.3) is 34.3 Å². The summed E-state index contributed by atoms with van der Waals surface area (Å²) in [7, 11) is 0. The molecular weight excluding hydrogens is 420 g/mol. The highest BCUT2D eigenvalue weighted by atomic mass is 16.5. The van der Waals surface area contributed by atoms with Gasteiger partial charge in [0.25, 0.3) is 5.91 Å². The highest BCUT2D eigenvalue weighted by Crippen LogP contribution is 2.24. The molecule has 33 heavy (non-hydrogen) atoms. The van der Waals surface area contributed by atoms with Gasteiger partial charge in [0.15, 0.2) is 0 Å². The fourth-order valence-electron chi connectivity index (χ4n) is 3.12. The second-order valence-electron chi connectivity index (χ2n) is 7.29. The average Bonchev–Trinajstić information content (AvgIpc) is 3.54. The summed E-state index contributed by atoms with van der Waals surface area (Å²) >= 11 is 0. The van der Waals surface area contributed by atoms with Crippen molar-refractivity contribution in [2.45, 2.75) is 13.5 Å². The number of aryl methyl sites for hydroxylation is 1. The second-order valence-corrected chi connectivity index (χ2v) is 7.29. The Labute approximate surface area is 188 Å². The zero-order valence-electron chi connectivity index (χ0n) is 17.6. The summed E-state index contributed by atoms with van der Waals surface area (Å²) in [4.78, 5) is 20.7. The largest absolute Gasteiger partial charge is 0.416 e. The summed E-state index contributed by atoms with van der Waals surface area (Å²) in [5, 5.41) is 14.9. The first-order valence-electron chi connectivity index (χ1n) is 10.2. The summed E-state index contributed by atoms with van der Waals surface area (Å²) in [6, 6.07) is 18.3. The highest BCUT2D eigenvalue weighted by Gasteiger charge is 2.13. The van der Waals surface area contributed by atoms with Crippen molar-refractivity contribution >= 4 is 5.91 Å². The number of carbonyl (C=O) groups is 1. The predicted octanol–water partition coefficient (Wildman–Crippen LogP) is 4.09. The maximum absolute atomic E-state index is 12.5. The molecule has 0 bridgehead atoms. The molecule has 5 rings (SSSR count). The van der Waals surface area contributed by atoms with E-state index in [0.29, 0.717) is 29.1 Å². The van der Waals surface area contributed by atoms with Gasteiger partial charge in [-0.25, -0.2) is 0 Å². The van der Waals surface area contributed by atoms with E-state index in [0.717, 1.165) is 22.3 Å². The minimum Gasteiger partial charge on any atom is -0.416 e. The number of hydrogen-bond acceptors (Lipinski definition) is 8. The Morgan fingerprint density at radius 3 is 2.15 bits per heavy atom. The number of pyridine rings is 1. The normalized spacial score (nSPS) is 10.8. The molecule has 0 aliphatic carbocycles. The number of hydrogen-bond donors (Lipinski definition) is 1. The second kappa shape index (κ2) is 8.83. The topological polar surface area (TPSA) is 120 Å². The van der Waals surface area contributed by atoms with Crippen molar-refractivity contribution in [3.8, 4) is 34.3 Å². The summed E-state index contributed by atoms with van der Waals surface area (Å²) in [6.45, 7) is 2.13. The van der Waals surface area contributed by atoms with E-state index in [4.69, 9.17) is 8.94 Å². The Hall–Kier alpha value is -4.66. The molecule has 9 heteroatoms. The number of aromatic nitrogens is 5.